The lowest BCUT2D eigenvalue weighted by atomic mass is 9.77. The maximum Gasteiger partial charge on any atom is 0.237 e. The maximum atomic E-state index is 12.4. The van der Waals surface area contributed by atoms with Crippen LogP contribution in [0.3, 0.4) is 0 Å². The number of aromatic nitrogens is 2. The van der Waals surface area contributed by atoms with E-state index in [4.69, 9.17) is 5.73 Å². The van der Waals surface area contributed by atoms with Crippen molar-refractivity contribution in [3.8, 4) is 0 Å². The Labute approximate surface area is 201 Å². The summed E-state index contributed by atoms with van der Waals surface area (Å²) in [6.45, 7) is 2.74. The van der Waals surface area contributed by atoms with Crippen molar-refractivity contribution in [2.75, 3.05) is 6.54 Å². The van der Waals surface area contributed by atoms with Gasteiger partial charge < -0.3 is 15.6 Å². The lowest BCUT2D eigenvalue weighted by molar-refractivity contribution is -0.122. The second kappa shape index (κ2) is 10.9. The van der Waals surface area contributed by atoms with Gasteiger partial charge in [-0.15, -0.1) is 0 Å². The van der Waals surface area contributed by atoms with Gasteiger partial charge in [-0.1, -0.05) is 104 Å². The molecule has 174 valence electrons. The van der Waals surface area contributed by atoms with Crippen LogP contribution in [0.5, 0.6) is 0 Å². The molecule has 4 aromatic rings. The Bertz CT molecular complexity index is 1080. The smallest absolute Gasteiger partial charge is 0.237 e. The number of imidazole rings is 1. The molecular weight excluding hydrogens is 420 g/mol. The third kappa shape index (κ3) is 4.80. The number of nitrogens with zero attached hydrogens (tertiary/aromatic N) is 2. The van der Waals surface area contributed by atoms with Crippen molar-refractivity contribution in [2.45, 2.75) is 37.8 Å². The molecule has 0 bridgehead atoms. The first-order valence-corrected chi connectivity index (χ1v) is 11.9. The van der Waals surface area contributed by atoms with E-state index in [2.05, 4.69) is 94.6 Å². The molecule has 0 aliphatic rings. The second-order valence-electron chi connectivity index (χ2n) is 8.54. The van der Waals surface area contributed by atoms with Crippen LogP contribution >= 0.6 is 0 Å². The molecular formula is C29H32N4O. The van der Waals surface area contributed by atoms with Crippen molar-refractivity contribution in [2.24, 2.45) is 5.73 Å². The highest BCUT2D eigenvalue weighted by molar-refractivity contribution is 5.81. The van der Waals surface area contributed by atoms with Gasteiger partial charge in [0.2, 0.25) is 5.91 Å². The first kappa shape index (κ1) is 23.5. The van der Waals surface area contributed by atoms with Crippen LogP contribution in [-0.2, 0) is 16.8 Å². The van der Waals surface area contributed by atoms with Crippen molar-refractivity contribution < 1.29 is 4.79 Å². The zero-order chi connectivity index (χ0) is 23.8. The standard InChI is InChI=1S/C29H32N4O/c1-2-3-19-31-28(34)27(30)20-26-21-33(22-32-26)29(23-13-7-4-8-14-23,24-15-9-5-10-16-24)25-17-11-6-12-18-25/h4-18,21-22,27H,2-3,19-20,30H2,1H3,(H,31,34)/t27-/m0/s1. The summed E-state index contributed by atoms with van der Waals surface area (Å²) in [5.74, 6) is -0.136. The van der Waals surface area contributed by atoms with E-state index in [1.54, 1.807) is 0 Å². The number of rotatable bonds is 10. The van der Waals surface area contributed by atoms with Crippen LogP contribution in [0.15, 0.2) is 104 Å². The molecule has 4 rings (SSSR count). The lowest BCUT2D eigenvalue weighted by Gasteiger charge is -2.37. The Balaban J connectivity index is 1.77. The Morgan fingerprint density at radius 2 is 1.41 bits per heavy atom. The van der Waals surface area contributed by atoms with E-state index in [1.807, 2.05) is 30.7 Å². The molecule has 1 amide bonds. The van der Waals surface area contributed by atoms with Crippen LogP contribution < -0.4 is 11.1 Å². The van der Waals surface area contributed by atoms with Crippen molar-refractivity contribution in [3.05, 3.63) is 126 Å². The Kier molecular flexibility index (Phi) is 7.55. The molecule has 34 heavy (non-hydrogen) atoms. The highest BCUT2D eigenvalue weighted by Crippen LogP contribution is 2.40. The monoisotopic (exact) mass is 452 g/mol. The minimum atomic E-state index is -0.639. The van der Waals surface area contributed by atoms with Gasteiger partial charge in [-0.3, -0.25) is 4.79 Å². The fourth-order valence-electron chi connectivity index (χ4n) is 4.48. The van der Waals surface area contributed by atoms with Crippen molar-refractivity contribution in [1.29, 1.82) is 0 Å². The van der Waals surface area contributed by atoms with Gasteiger partial charge in [-0.2, -0.15) is 0 Å². The molecule has 0 fully saturated rings. The zero-order valence-electron chi connectivity index (χ0n) is 19.6. The number of nitrogens with one attached hydrogen (secondary N) is 1. The van der Waals surface area contributed by atoms with Crippen molar-refractivity contribution in [3.63, 3.8) is 0 Å². The van der Waals surface area contributed by atoms with E-state index in [0.29, 0.717) is 13.0 Å². The van der Waals surface area contributed by atoms with Crippen LogP contribution in [0.2, 0.25) is 0 Å². The molecule has 3 aromatic carbocycles. The fraction of sp³-hybridized carbons (Fsp3) is 0.241. The summed E-state index contributed by atoms with van der Waals surface area (Å²) in [7, 11) is 0. The van der Waals surface area contributed by atoms with Crippen LogP contribution in [0.4, 0.5) is 0 Å². The van der Waals surface area contributed by atoms with E-state index in [1.165, 1.54) is 0 Å². The number of benzene rings is 3. The Morgan fingerprint density at radius 1 is 0.912 bits per heavy atom. The Morgan fingerprint density at radius 3 is 1.88 bits per heavy atom. The predicted molar refractivity (Wildman–Crippen MR) is 136 cm³/mol. The molecule has 0 aliphatic carbocycles. The topological polar surface area (TPSA) is 72.9 Å². The van der Waals surface area contributed by atoms with Gasteiger partial charge in [0.15, 0.2) is 0 Å². The molecule has 1 atom stereocenters. The van der Waals surface area contributed by atoms with E-state index in [9.17, 15) is 4.79 Å². The number of unbranched alkanes of at least 4 members (excludes halogenated alkanes) is 1. The summed E-state index contributed by atoms with van der Waals surface area (Å²) in [6, 6.07) is 30.7. The highest BCUT2D eigenvalue weighted by atomic mass is 16.2. The molecule has 0 aliphatic heterocycles. The Hall–Kier alpha value is -3.70. The average Bonchev–Trinajstić information content (AvgIpc) is 3.35. The van der Waals surface area contributed by atoms with Gasteiger partial charge in [0.05, 0.1) is 18.1 Å². The second-order valence-corrected chi connectivity index (χ2v) is 8.54. The zero-order valence-corrected chi connectivity index (χ0v) is 19.6. The maximum absolute atomic E-state index is 12.4. The molecule has 1 aromatic heterocycles. The number of amides is 1. The fourth-order valence-corrected chi connectivity index (χ4v) is 4.48. The van der Waals surface area contributed by atoms with E-state index in [0.717, 1.165) is 35.2 Å². The third-order valence-corrected chi connectivity index (χ3v) is 6.19. The van der Waals surface area contributed by atoms with Crippen molar-refractivity contribution in [1.82, 2.24) is 14.9 Å². The summed E-state index contributed by atoms with van der Waals surface area (Å²) in [5, 5.41) is 2.92. The summed E-state index contributed by atoms with van der Waals surface area (Å²) in [6.07, 6.45) is 6.22. The molecule has 0 radical (unpaired) electrons. The molecule has 0 spiro atoms. The van der Waals surface area contributed by atoms with Crippen LogP contribution in [-0.4, -0.2) is 28.0 Å². The van der Waals surface area contributed by atoms with Gasteiger partial charge in [-0.05, 0) is 23.1 Å². The van der Waals surface area contributed by atoms with Crippen LogP contribution in [0.1, 0.15) is 42.1 Å². The quantitative estimate of drug-likeness (QED) is 0.275. The van der Waals surface area contributed by atoms with E-state index in [-0.39, 0.29) is 5.91 Å². The first-order chi connectivity index (χ1) is 16.7. The molecule has 0 unspecified atom stereocenters. The van der Waals surface area contributed by atoms with E-state index < -0.39 is 11.6 Å². The minimum Gasteiger partial charge on any atom is -0.355 e. The number of nitrogens with two attached hydrogens (primary N) is 1. The normalized spacial score (nSPS) is 12.3. The summed E-state index contributed by atoms with van der Waals surface area (Å²) >= 11 is 0. The first-order valence-electron chi connectivity index (χ1n) is 11.9. The molecule has 5 nitrogen and oxygen atoms in total. The number of hydrogen-bond donors (Lipinski definition) is 2. The average molecular weight is 453 g/mol. The van der Waals surface area contributed by atoms with Gasteiger partial charge in [-0.25, -0.2) is 4.98 Å². The summed E-state index contributed by atoms with van der Waals surface area (Å²) in [4.78, 5) is 17.1. The third-order valence-electron chi connectivity index (χ3n) is 6.19. The molecule has 1 heterocycles. The number of carbonyl (C=O) groups excluding carboxylic acids is 1. The number of hydrogen-bond acceptors (Lipinski definition) is 3. The SMILES string of the molecule is CCCCNC(=O)[C@@H](N)Cc1cn(C(c2ccccc2)(c2ccccc2)c2ccccc2)cn1. The highest BCUT2D eigenvalue weighted by Gasteiger charge is 2.38. The minimum absolute atomic E-state index is 0.136. The van der Waals surface area contributed by atoms with Crippen molar-refractivity contribution >= 4 is 5.91 Å². The van der Waals surface area contributed by atoms with Gasteiger partial charge in [0.1, 0.15) is 5.54 Å². The summed E-state index contributed by atoms with van der Waals surface area (Å²) in [5.41, 5.74) is 9.75. The van der Waals surface area contributed by atoms with Crippen LogP contribution in [0.25, 0.3) is 0 Å². The summed E-state index contributed by atoms with van der Waals surface area (Å²) < 4.78 is 2.14. The predicted octanol–water partition coefficient (Wildman–Crippen LogP) is 4.51. The van der Waals surface area contributed by atoms with Gasteiger partial charge >= 0.3 is 0 Å². The lowest BCUT2D eigenvalue weighted by Crippen LogP contribution is -2.42. The molecule has 0 saturated carbocycles. The van der Waals surface area contributed by atoms with Crippen LogP contribution in [0, 0.1) is 0 Å². The molecule has 5 heteroatoms. The molecule has 3 N–H and O–H groups in total. The largest absolute Gasteiger partial charge is 0.355 e. The van der Waals surface area contributed by atoms with Gasteiger partial charge in [0, 0.05) is 19.2 Å². The number of carbonyl (C=O) groups is 1. The molecule has 0 saturated heterocycles. The van der Waals surface area contributed by atoms with Gasteiger partial charge in [0.25, 0.3) is 0 Å². The van der Waals surface area contributed by atoms with E-state index >= 15 is 0 Å².